The van der Waals surface area contributed by atoms with Gasteiger partial charge in [0.2, 0.25) is 0 Å². The molecule has 0 atom stereocenters. The number of likely N-dealkylation sites (N-methyl/N-ethyl adjacent to an activating group) is 1. The van der Waals surface area contributed by atoms with Crippen LogP contribution in [0.4, 0.5) is 18.9 Å². The Morgan fingerprint density at radius 2 is 1.70 bits per heavy atom. The molecule has 3 aromatic rings. The number of hydrogen-bond donors (Lipinski definition) is 0. The fraction of sp³-hybridized carbons (Fsp3) is 0.304. The summed E-state index contributed by atoms with van der Waals surface area (Å²) in [6.45, 7) is 2.02. The number of aromatic nitrogens is 2. The highest BCUT2D eigenvalue weighted by Crippen LogP contribution is 2.41. The quantitative estimate of drug-likeness (QED) is 0.441. The van der Waals surface area contributed by atoms with Gasteiger partial charge in [0.25, 0.3) is 5.91 Å². The number of halogens is 5. The fourth-order valence-electron chi connectivity index (χ4n) is 4.19. The van der Waals surface area contributed by atoms with Crippen LogP contribution in [0.25, 0.3) is 16.9 Å². The molecule has 1 aliphatic heterocycles. The number of hydrogen-bond acceptors (Lipinski definition) is 3. The van der Waals surface area contributed by atoms with Crippen molar-refractivity contribution in [2.24, 2.45) is 0 Å². The first kappa shape index (κ1) is 23.4. The van der Waals surface area contributed by atoms with Crippen LogP contribution in [0.2, 0.25) is 10.0 Å². The van der Waals surface area contributed by atoms with Crippen molar-refractivity contribution in [1.82, 2.24) is 14.7 Å². The number of alkyl halides is 3. The van der Waals surface area contributed by atoms with Crippen molar-refractivity contribution in [1.29, 1.82) is 0 Å². The molecule has 0 saturated carbocycles. The van der Waals surface area contributed by atoms with Gasteiger partial charge in [0.1, 0.15) is 6.54 Å². The van der Waals surface area contributed by atoms with Gasteiger partial charge >= 0.3 is 6.18 Å². The van der Waals surface area contributed by atoms with Crippen LogP contribution >= 0.6 is 23.2 Å². The minimum Gasteiger partial charge on any atom is -0.369 e. The number of fused-ring (bicyclic) bond motifs is 1. The van der Waals surface area contributed by atoms with Gasteiger partial charge < -0.3 is 9.80 Å². The summed E-state index contributed by atoms with van der Waals surface area (Å²) < 4.78 is 41.7. The van der Waals surface area contributed by atoms with E-state index in [-0.39, 0.29) is 12.2 Å². The summed E-state index contributed by atoms with van der Waals surface area (Å²) in [5, 5.41) is 5.42. The summed E-state index contributed by atoms with van der Waals surface area (Å²) in [6, 6.07) is 13.9. The molecule has 2 aromatic carbocycles. The standard InChI is InChI=1S/C23H21Cl2F3N4O/c1-22(2)12-30(3)20-18(21(33)31(22)13-23(26,27)28)29-32(17-7-5-4-6-16(17)25)19(20)14-8-10-15(24)11-9-14/h4-11H,12-13H2,1-3H3. The Kier molecular flexibility index (Phi) is 5.87. The third-order valence-corrected chi connectivity index (χ3v) is 6.15. The van der Waals surface area contributed by atoms with Crippen LogP contribution in [0, 0.1) is 0 Å². The molecular formula is C23H21Cl2F3N4O. The second kappa shape index (κ2) is 8.25. The molecule has 10 heteroatoms. The van der Waals surface area contributed by atoms with Gasteiger partial charge in [0.15, 0.2) is 5.69 Å². The highest BCUT2D eigenvalue weighted by atomic mass is 35.5. The third-order valence-electron chi connectivity index (χ3n) is 5.58. The molecule has 174 valence electrons. The Balaban J connectivity index is 2.01. The Hall–Kier alpha value is -2.71. The van der Waals surface area contributed by atoms with Gasteiger partial charge in [-0.1, -0.05) is 47.5 Å². The first-order valence-corrected chi connectivity index (χ1v) is 10.9. The Bertz CT molecular complexity index is 1210. The highest BCUT2D eigenvalue weighted by molar-refractivity contribution is 6.32. The molecule has 33 heavy (non-hydrogen) atoms. The number of carbonyl (C=O) groups excluding carboxylic acids is 1. The van der Waals surface area contributed by atoms with Crippen LogP contribution in [0.3, 0.4) is 0 Å². The van der Waals surface area contributed by atoms with Gasteiger partial charge in [-0.3, -0.25) is 4.79 Å². The van der Waals surface area contributed by atoms with Crippen molar-refractivity contribution in [2.75, 3.05) is 25.0 Å². The van der Waals surface area contributed by atoms with E-state index in [4.69, 9.17) is 23.2 Å². The molecule has 1 amide bonds. The van der Waals surface area contributed by atoms with Crippen molar-refractivity contribution >= 4 is 34.8 Å². The molecular weight excluding hydrogens is 476 g/mol. The predicted molar refractivity (Wildman–Crippen MR) is 123 cm³/mol. The van der Waals surface area contributed by atoms with Gasteiger partial charge in [-0.15, -0.1) is 0 Å². The number of rotatable bonds is 3. The van der Waals surface area contributed by atoms with Crippen molar-refractivity contribution < 1.29 is 18.0 Å². The summed E-state index contributed by atoms with van der Waals surface area (Å²) >= 11 is 12.5. The number of nitrogens with zero attached hydrogens (tertiary/aromatic N) is 4. The zero-order valence-corrected chi connectivity index (χ0v) is 19.6. The maximum Gasteiger partial charge on any atom is 0.406 e. The molecule has 0 N–H and O–H groups in total. The summed E-state index contributed by atoms with van der Waals surface area (Å²) in [5.41, 5.74) is 0.990. The van der Waals surface area contributed by atoms with Crippen LogP contribution in [0.5, 0.6) is 0 Å². The molecule has 1 aromatic heterocycles. The molecule has 0 fully saturated rings. The van der Waals surface area contributed by atoms with Gasteiger partial charge in [-0.25, -0.2) is 4.68 Å². The molecule has 0 saturated heterocycles. The summed E-state index contributed by atoms with van der Waals surface area (Å²) in [6.07, 6.45) is -4.56. The third kappa shape index (κ3) is 4.42. The van der Waals surface area contributed by atoms with Crippen LogP contribution < -0.4 is 4.90 Å². The molecule has 0 bridgehead atoms. The van der Waals surface area contributed by atoms with Gasteiger partial charge in [0, 0.05) is 24.2 Å². The summed E-state index contributed by atoms with van der Waals surface area (Å²) in [5.74, 6) is -0.794. The minimum absolute atomic E-state index is 0.0720. The summed E-state index contributed by atoms with van der Waals surface area (Å²) in [7, 11) is 1.74. The fourth-order valence-corrected chi connectivity index (χ4v) is 4.53. The van der Waals surface area contributed by atoms with E-state index in [0.717, 1.165) is 4.90 Å². The molecule has 0 spiro atoms. The first-order chi connectivity index (χ1) is 15.4. The topological polar surface area (TPSA) is 41.4 Å². The predicted octanol–water partition coefficient (Wildman–Crippen LogP) is 6.08. The number of carbonyl (C=O) groups is 1. The Labute approximate surface area is 199 Å². The average molecular weight is 497 g/mol. The smallest absolute Gasteiger partial charge is 0.369 e. The second-order valence-electron chi connectivity index (χ2n) is 8.59. The molecule has 4 rings (SSSR count). The maximum absolute atomic E-state index is 13.5. The molecule has 5 nitrogen and oxygen atoms in total. The zero-order valence-electron chi connectivity index (χ0n) is 18.1. The number of amides is 1. The lowest BCUT2D eigenvalue weighted by Crippen LogP contribution is -2.54. The van der Waals surface area contributed by atoms with Crippen LogP contribution in [-0.2, 0) is 0 Å². The average Bonchev–Trinajstić information content (AvgIpc) is 3.09. The molecule has 1 aliphatic rings. The van der Waals surface area contributed by atoms with E-state index in [2.05, 4.69) is 5.10 Å². The van der Waals surface area contributed by atoms with Crippen molar-refractivity contribution in [3.05, 3.63) is 64.3 Å². The minimum atomic E-state index is -4.56. The Morgan fingerprint density at radius 1 is 1.06 bits per heavy atom. The monoisotopic (exact) mass is 496 g/mol. The number of benzene rings is 2. The molecule has 0 radical (unpaired) electrons. The van der Waals surface area contributed by atoms with Crippen molar-refractivity contribution in [2.45, 2.75) is 25.6 Å². The van der Waals surface area contributed by atoms with Crippen LogP contribution in [0.15, 0.2) is 48.5 Å². The zero-order chi connectivity index (χ0) is 24.1. The van der Waals surface area contributed by atoms with E-state index in [1.165, 1.54) is 4.68 Å². The van der Waals surface area contributed by atoms with E-state index in [0.29, 0.717) is 32.7 Å². The van der Waals surface area contributed by atoms with Crippen molar-refractivity contribution in [3.8, 4) is 16.9 Å². The molecule has 0 aliphatic carbocycles. The highest BCUT2D eigenvalue weighted by Gasteiger charge is 2.46. The normalized spacial score (nSPS) is 16.1. The van der Waals surface area contributed by atoms with E-state index < -0.39 is 24.2 Å². The van der Waals surface area contributed by atoms with E-state index in [1.54, 1.807) is 74.3 Å². The van der Waals surface area contributed by atoms with Crippen LogP contribution in [-0.4, -0.2) is 52.4 Å². The van der Waals surface area contributed by atoms with E-state index >= 15 is 0 Å². The van der Waals surface area contributed by atoms with E-state index in [9.17, 15) is 18.0 Å². The van der Waals surface area contributed by atoms with Gasteiger partial charge in [-0.05, 0) is 38.1 Å². The number of para-hydroxylation sites is 1. The van der Waals surface area contributed by atoms with Gasteiger partial charge in [-0.2, -0.15) is 18.3 Å². The lowest BCUT2D eigenvalue weighted by atomic mass is 10.0. The Morgan fingerprint density at radius 3 is 2.30 bits per heavy atom. The SMILES string of the molecule is CN1CC(C)(C)N(CC(F)(F)F)C(=O)c2nn(-c3ccccc3Cl)c(-c3ccc(Cl)cc3)c21. The van der Waals surface area contributed by atoms with E-state index in [1.807, 2.05) is 0 Å². The molecule has 0 unspecified atom stereocenters. The van der Waals surface area contributed by atoms with Crippen LogP contribution in [0.1, 0.15) is 24.3 Å². The van der Waals surface area contributed by atoms with Crippen molar-refractivity contribution in [3.63, 3.8) is 0 Å². The first-order valence-electron chi connectivity index (χ1n) is 10.1. The van der Waals surface area contributed by atoms with Gasteiger partial charge in [0.05, 0.1) is 27.6 Å². The largest absolute Gasteiger partial charge is 0.406 e. The molecule has 2 heterocycles. The second-order valence-corrected chi connectivity index (χ2v) is 9.43. The maximum atomic E-state index is 13.5. The lowest BCUT2D eigenvalue weighted by Gasteiger charge is -2.39. The summed E-state index contributed by atoms with van der Waals surface area (Å²) in [4.78, 5) is 16.1. The lowest BCUT2D eigenvalue weighted by molar-refractivity contribution is -0.149. The number of anilines is 1.